The SMILES string of the molecule is Fc1cc2c(cc1Br)CC(/C=C/c1ccc(Cl)cc1)=C2. The zero-order chi connectivity index (χ0) is 14.1. The van der Waals surface area contributed by atoms with Gasteiger partial charge in [-0.1, -0.05) is 42.0 Å². The fourth-order valence-corrected chi connectivity index (χ4v) is 2.76. The van der Waals surface area contributed by atoms with Gasteiger partial charge in [-0.25, -0.2) is 4.39 Å². The third kappa shape index (κ3) is 2.87. The molecule has 100 valence electrons. The van der Waals surface area contributed by atoms with Gasteiger partial charge in [0, 0.05) is 5.02 Å². The number of benzene rings is 2. The first-order valence-corrected chi connectivity index (χ1v) is 7.41. The Kier molecular flexibility index (Phi) is 3.77. The minimum absolute atomic E-state index is 0.220. The molecule has 0 fully saturated rings. The van der Waals surface area contributed by atoms with Crippen molar-refractivity contribution in [2.45, 2.75) is 6.42 Å². The highest BCUT2D eigenvalue weighted by Gasteiger charge is 2.13. The Morgan fingerprint density at radius 2 is 1.85 bits per heavy atom. The van der Waals surface area contributed by atoms with E-state index in [1.54, 1.807) is 6.07 Å². The van der Waals surface area contributed by atoms with Gasteiger partial charge < -0.3 is 0 Å². The van der Waals surface area contributed by atoms with Crippen LogP contribution in [0.5, 0.6) is 0 Å². The van der Waals surface area contributed by atoms with Crippen LogP contribution in [0.4, 0.5) is 4.39 Å². The maximum Gasteiger partial charge on any atom is 0.137 e. The molecule has 0 saturated heterocycles. The highest BCUT2D eigenvalue weighted by Crippen LogP contribution is 2.30. The molecular weight excluding hydrogens is 339 g/mol. The van der Waals surface area contributed by atoms with Crippen LogP contribution in [0.1, 0.15) is 16.7 Å². The maximum atomic E-state index is 13.5. The van der Waals surface area contributed by atoms with Crippen LogP contribution in [0.25, 0.3) is 12.2 Å². The summed E-state index contributed by atoms with van der Waals surface area (Å²) in [5.41, 5.74) is 4.38. The first kappa shape index (κ1) is 13.6. The molecule has 0 amide bonds. The van der Waals surface area contributed by atoms with E-state index >= 15 is 0 Å². The number of allylic oxidation sites excluding steroid dienone is 2. The first-order valence-electron chi connectivity index (χ1n) is 6.24. The van der Waals surface area contributed by atoms with Crippen LogP contribution in [-0.4, -0.2) is 0 Å². The Balaban J connectivity index is 1.81. The van der Waals surface area contributed by atoms with Crippen molar-refractivity contribution in [3.05, 3.63) is 80.1 Å². The lowest BCUT2D eigenvalue weighted by Crippen LogP contribution is -1.86. The predicted molar refractivity (Wildman–Crippen MR) is 86.3 cm³/mol. The molecule has 1 aliphatic carbocycles. The third-order valence-electron chi connectivity index (χ3n) is 3.28. The van der Waals surface area contributed by atoms with Crippen molar-refractivity contribution in [1.82, 2.24) is 0 Å². The average molecular weight is 350 g/mol. The van der Waals surface area contributed by atoms with Crippen molar-refractivity contribution in [3.8, 4) is 0 Å². The minimum Gasteiger partial charge on any atom is -0.206 e. The van der Waals surface area contributed by atoms with Crippen LogP contribution in [0.15, 0.2) is 52.5 Å². The second-order valence-electron chi connectivity index (χ2n) is 4.75. The van der Waals surface area contributed by atoms with Crippen LogP contribution in [0.3, 0.4) is 0 Å². The minimum atomic E-state index is -0.220. The van der Waals surface area contributed by atoms with E-state index < -0.39 is 0 Å². The number of hydrogen-bond acceptors (Lipinski definition) is 0. The van der Waals surface area contributed by atoms with Gasteiger partial charge in [-0.15, -0.1) is 0 Å². The molecule has 0 unspecified atom stereocenters. The molecular formula is C17H11BrClF. The second kappa shape index (κ2) is 5.55. The summed E-state index contributed by atoms with van der Waals surface area (Å²) < 4.78 is 14.0. The van der Waals surface area contributed by atoms with Crippen molar-refractivity contribution < 1.29 is 4.39 Å². The molecule has 0 bridgehead atoms. The van der Waals surface area contributed by atoms with Crippen molar-refractivity contribution in [1.29, 1.82) is 0 Å². The number of rotatable bonds is 2. The van der Waals surface area contributed by atoms with Gasteiger partial charge in [0.25, 0.3) is 0 Å². The Morgan fingerprint density at radius 1 is 1.10 bits per heavy atom. The van der Waals surface area contributed by atoms with Crippen LogP contribution in [-0.2, 0) is 6.42 Å². The van der Waals surface area contributed by atoms with Crippen LogP contribution in [0.2, 0.25) is 5.02 Å². The zero-order valence-electron chi connectivity index (χ0n) is 10.5. The molecule has 2 aromatic rings. The van der Waals surface area contributed by atoms with E-state index in [-0.39, 0.29) is 5.82 Å². The van der Waals surface area contributed by atoms with E-state index in [0.29, 0.717) is 4.47 Å². The Morgan fingerprint density at radius 3 is 2.60 bits per heavy atom. The molecule has 0 radical (unpaired) electrons. The highest BCUT2D eigenvalue weighted by molar-refractivity contribution is 9.10. The summed E-state index contributed by atoms with van der Waals surface area (Å²) in [7, 11) is 0. The quantitative estimate of drug-likeness (QED) is 0.633. The first-order chi connectivity index (χ1) is 9.61. The monoisotopic (exact) mass is 348 g/mol. The molecule has 0 heterocycles. The van der Waals surface area contributed by atoms with Crippen LogP contribution in [0, 0.1) is 5.82 Å². The lowest BCUT2D eigenvalue weighted by Gasteiger charge is -2.00. The van der Waals surface area contributed by atoms with Crippen molar-refractivity contribution in [3.63, 3.8) is 0 Å². The molecule has 0 saturated carbocycles. The van der Waals surface area contributed by atoms with E-state index in [4.69, 9.17) is 11.6 Å². The number of halogens is 3. The van der Waals surface area contributed by atoms with Gasteiger partial charge in [-0.2, -0.15) is 0 Å². The fraction of sp³-hybridized carbons (Fsp3) is 0.0588. The van der Waals surface area contributed by atoms with Crippen LogP contribution < -0.4 is 0 Å². The van der Waals surface area contributed by atoms with Gasteiger partial charge in [-0.05, 0) is 68.9 Å². The molecule has 0 aromatic heterocycles. The van der Waals surface area contributed by atoms with Crippen molar-refractivity contribution in [2.75, 3.05) is 0 Å². The lowest BCUT2D eigenvalue weighted by atomic mass is 10.1. The van der Waals surface area contributed by atoms with Gasteiger partial charge in [0.2, 0.25) is 0 Å². The molecule has 20 heavy (non-hydrogen) atoms. The van der Waals surface area contributed by atoms with E-state index in [1.165, 1.54) is 5.57 Å². The van der Waals surface area contributed by atoms with Gasteiger partial charge >= 0.3 is 0 Å². The Bertz CT molecular complexity index is 715. The summed E-state index contributed by atoms with van der Waals surface area (Å²) in [6.45, 7) is 0. The molecule has 3 rings (SSSR count). The average Bonchev–Trinajstić information content (AvgIpc) is 2.80. The molecule has 0 nitrogen and oxygen atoms in total. The Labute approximate surface area is 130 Å². The fourth-order valence-electron chi connectivity index (χ4n) is 2.25. The van der Waals surface area contributed by atoms with Crippen molar-refractivity contribution in [2.24, 2.45) is 0 Å². The lowest BCUT2D eigenvalue weighted by molar-refractivity contribution is 0.620. The molecule has 2 aromatic carbocycles. The summed E-state index contributed by atoms with van der Waals surface area (Å²) >= 11 is 9.08. The molecule has 0 N–H and O–H groups in total. The van der Waals surface area contributed by atoms with E-state index in [2.05, 4.69) is 22.0 Å². The number of fused-ring (bicyclic) bond motifs is 1. The maximum absolute atomic E-state index is 13.5. The summed E-state index contributed by atoms with van der Waals surface area (Å²) in [6, 6.07) is 11.1. The third-order valence-corrected chi connectivity index (χ3v) is 4.14. The van der Waals surface area contributed by atoms with Crippen LogP contribution >= 0.6 is 27.5 Å². The smallest absolute Gasteiger partial charge is 0.137 e. The summed E-state index contributed by atoms with van der Waals surface area (Å²) in [4.78, 5) is 0. The van der Waals surface area contributed by atoms with E-state index in [9.17, 15) is 4.39 Å². The molecule has 0 aliphatic heterocycles. The van der Waals surface area contributed by atoms with Crippen molar-refractivity contribution >= 4 is 39.7 Å². The van der Waals surface area contributed by atoms with Gasteiger partial charge in [-0.3, -0.25) is 0 Å². The molecule has 3 heteroatoms. The predicted octanol–water partition coefficient (Wildman–Crippen LogP) is 5.89. The normalized spacial score (nSPS) is 13.7. The zero-order valence-corrected chi connectivity index (χ0v) is 12.9. The molecule has 1 aliphatic rings. The topological polar surface area (TPSA) is 0 Å². The highest BCUT2D eigenvalue weighted by atomic mass is 79.9. The molecule has 0 spiro atoms. The second-order valence-corrected chi connectivity index (χ2v) is 6.04. The summed E-state index contributed by atoms with van der Waals surface area (Å²) in [5.74, 6) is -0.220. The van der Waals surface area contributed by atoms with E-state index in [0.717, 1.165) is 28.1 Å². The van der Waals surface area contributed by atoms with Gasteiger partial charge in [0.05, 0.1) is 4.47 Å². The number of hydrogen-bond donors (Lipinski definition) is 0. The van der Waals surface area contributed by atoms with E-state index in [1.807, 2.05) is 42.5 Å². The standard InChI is InChI=1S/C17H11BrClF/c18-16-9-13-7-12(8-14(13)10-17(16)20)2-1-11-3-5-15(19)6-4-11/h1-6,8-10H,7H2/b2-1+. The largest absolute Gasteiger partial charge is 0.206 e. The summed E-state index contributed by atoms with van der Waals surface area (Å²) in [6.07, 6.45) is 6.96. The van der Waals surface area contributed by atoms with Gasteiger partial charge in [0.1, 0.15) is 5.82 Å². The summed E-state index contributed by atoms with van der Waals surface area (Å²) in [5, 5.41) is 0.731. The van der Waals surface area contributed by atoms with Gasteiger partial charge in [0.15, 0.2) is 0 Å². The molecule has 0 atom stereocenters. The Hall–Kier alpha value is -1.38.